The lowest BCUT2D eigenvalue weighted by Gasteiger charge is -2.38. The van der Waals surface area contributed by atoms with Gasteiger partial charge in [0.2, 0.25) is 0 Å². The van der Waals surface area contributed by atoms with Crippen molar-refractivity contribution in [2.24, 2.45) is 4.99 Å². The molecule has 2 unspecified atom stereocenters. The Morgan fingerprint density at radius 1 is 1.29 bits per heavy atom. The van der Waals surface area contributed by atoms with Crippen LogP contribution in [0.15, 0.2) is 70.8 Å². The molecule has 0 radical (unpaired) electrons. The Balaban J connectivity index is 1.50. The summed E-state index contributed by atoms with van der Waals surface area (Å²) in [5.41, 5.74) is 1.38. The fourth-order valence-corrected chi connectivity index (χ4v) is 3.65. The van der Waals surface area contributed by atoms with Gasteiger partial charge in [-0.15, -0.1) is 6.58 Å². The number of piperidine rings is 1. The number of nitrogens with zero attached hydrogens (tertiary/aromatic N) is 2. The third-order valence-corrected chi connectivity index (χ3v) is 5.21. The number of hydrogen-bond donors (Lipinski definition) is 2. The smallest absolute Gasteiger partial charge is 0.191 e. The Morgan fingerprint density at radius 3 is 2.86 bits per heavy atom. The molecule has 0 amide bonds. The molecular weight excluding hydrogens is 348 g/mol. The van der Waals surface area contributed by atoms with Gasteiger partial charge in [-0.25, -0.2) is 0 Å². The number of aliphatic imine (C=N–C) groups is 1. The number of likely N-dealkylation sites (tertiary alicyclic amines) is 1. The van der Waals surface area contributed by atoms with Crippen molar-refractivity contribution in [1.29, 1.82) is 0 Å². The normalized spacial score (nSPS) is 20.7. The summed E-state index contributed by atoms with van der Waals surface area (Å²) < 4.78 is 5.39. The van der Waals surface area contributed by atoms with Crippen molar-refractivity contribution >= 4 is 5.96 Å². The van der Waals surface area contributed by atoms with Gasteiger partial charge >= 0.3 is 0 Å². The van der Waals surface area contributed by atoms with Crippen LogP contribution in [0, 0.1) is 0 Å². The summed E-state index contributed by atoms with van der Waals surface area (Å²) in [7, 11) is 0. The molecule has 1 fully saturated rings. The molecule has 0 aliphatic carbocycles. The molecule has 150 valence electrons. The molecule has 3 rings (SSSR count). The first kappa shape index (κ1) is 20.2. The van der Waals surface area contributed by atoms with Gasteiger partial charge in [0.1, 0.15) is 5.76 Å². The molecule has 28 heavy (non-hydrogen) atoms. The van der Waals surface area contributed by atoms with Gasteiger partial charge in [-0.05, 0) is 37.5 Å². The topological polar surface area (TPSA) is 52.8 Å². The van der Waals surface area contributed by atoms with Gasteiger partial charge in [0.15, 0.2) is 5.96 Å². The molecule has 0 spiro atoms. The Kier molecular flexibility index (Phi) is 7.73. The first-order chi connectivity index (χ1) is 13.7. The Bertz CT molecular complexity index is 726. The van der Waals surface area contributed by atoms with Crippen molar-refractivity contribution in [3.05, 3.63) is 72.7 Å². The standard InChI is InChI=1S/C23H32N4O/c1-3-13-24-23(25-14-11-22-10-7-16-28-22)26-21-12-15-27(19(2)17-21)18-20-8-5-4-6-9-20/h3-10,16,19,21H,1,11-15,17-18H2,2H3,(H2,24,25,26). The molecule has 1 saturated heterocycles. The number of guanidine groups is 1. The van der Waals surface area contributed by atoms with Crippen LogP contribution < -0.4 is 10.6 Å². The summed E-state index contributed by atoms with van der Waals surface area (Å²) in [4.78, 5) is 7.28. The van der Waals surface area contributed by atoms with Gasteiger partial charge in [0, 0.05) is 44.7 Å². The van der Waals surface area contributed by atoms with E-state index in [1.54, 1.807) is 6.26 Å². The molecule has 1 aromatic heterocycles. The molecule has 2 N–H and O–H groups in total. The van der Waals surface area contributed by atoms with E-state index < -0.39 is 0 Å². The zero-order chi connectivity index (χ0) is 19.6. The Morgan fingerprint density at radius 2 is 2.14 bits per heavy atom. The summed E-state index contributed by atoms with van der Waals surface area (Å²) >= 11 is 0. The van der Waals surface area contributed by atoms with Crippen molar-refractivity contribution in [3.8, 4) is 0 Å². The van der Waals surface area contributed by atoms with Crippen LogP contribution in [0.1, 0.15) is 31.1 Å². The van der Waals surface area contributed by atoms with Gasteiger partial charge in [0.25, 0.3) is 0 Å². The minimum atomic E-state index is 0.432. The average molecular weight is 381 g/mol. The lowest BCUT2D eigenvalue weighted by Crippen LogP contribution is -2.51. The molecule has 2 atom stereocenters. The zero-order valence-corrected chi connectivity index (χ0v) is 16.8. The monoisotopic (exact) mass is 380 g/mol. The van der Waals surface area contributed by atoms with Crippen molar-refractivity contribution in [3.63, 3.8) is 0 Å². The van der Waals surface area contributed by atoms with E-state index in [0.717, 1.165) is 44.1 Å². The third-order valence-electron chi connectivity index (χ3n) is 5.21. The largest absolute Gasteiger partial charge is 0.469 e. The van der Waals surface area contributed by atoms with Gasteiger partial charge in [0.05, 0.1) is 6.26 Å². The quantitative estimate of drug-likeness (QED) is 0.417. The molecule has 1 aliphatic heterocycles. The lowest BCUT2D eigenvalue weighted by atomic mass is 9.97. The highest BCUT2D eigenvalue weighted by molar-refractivity contribution is 5.80. The highest BCUT2D eigenvalue weighted by Crippen LogP contribution is 2.20. The van der Waals surface area contributed by atoms with E-state index in [4.69, 9.17) is 9.41 Å². The number of rotatable bonds is 8. The Hall–Kier alpha value is -2.53. The van der Waals surface area contributed by atoms with E-state index in [0.29, 0.717) is 25.2 Å². The number of hydrogen-bond acceptors (Lipinski definition) is 3. The second kappa shape index (κ2) is 10.7. The van der Waals surface area contributed by atoms with Gasteiger partial charge < -0.3 is 15.1 Å². The molecule has 0 bridgehead atoms. The van der Waals surface area contributed by atoms with Crippen molar-refractivity contribution in [2.45, 2.75) is 44.8 Å². The molecule has 5 nitrogen and oxygen atoms in total. The van der Waals surface area contributed by atoms with Crippen LogP contribution in [-0.4, -0.2) is 42.6 Å². The SMILES string of the molecule is C=CCNC(=NCCc1ccco1)NC1CCN(Cc2ccccc2)C(C)C1. The average Bonchev–Trinajstić information content (AvgIpc) is 3.22. The maximum Gasteiger partial charge on any atom is 0.191 e. The maximum absolute atomic E-state index is 5.39. The van der Waals surface area contributed by atoms with Crippen LogP contribution in [0.3, 0.4) is 0 Å². The molecule has 1 aromatic carbocycles. The first-order valence-corrected chi connectivity index (χ1v) is 10.2. The predicted molar refractivity (Wildman–Crippen MR) is 115 cm³/mol. The summed E-state index contributed by atoms with van der Waals surface area (Å²) in [6.07, 6.45) is 6.59. The minimum absolute atomic E-state index is 0.432. The second-order valence-electron chi connectivity index (χ2n) is 7.40. The number of furan rings is 1. The van der Waals surface area contributed by atoms with Crippen molar-refractivity contribution in [2.75, 3.05) is 19.6 Å². The lowest BCUT2D eigenvalue weighted by molar-refractivity contribution is 0.134. The van der Waals surface area contributed by atoms with Gasteiger partial charge in [-0.1, -0.05) is 36.4 Å². The van der Waals surface area contributed by atoms with Crippen molar-refractivity contribution in [1.82, 2.24) is 15.5 Å². The number of nitrogens with one attached hydrogen (secondary N) is 2. The van der Waals surface area contributed by atoms with Gasteiger partial charge in [-0.2, -0.15) is 0 Å². The molecule has 1 aliphatic rings. The fraction of sp³-hybridized carbons (Fsp3) is 0.435. The highest BCUT2D eigenvalue weighted by Gasteiger charge is 2.25. The summed E-state index contributed by atoms with van der Waals surface area (Å²) in [6, 6.07) is 15.6. The second-order valence-corrected chi connectivity index (χ2v) is 7.40. The van der Waals surface area contributed by atoms with Crippen LogP contribution in [0.25, 0.3) is 0 Å². The van der Waals surface area contributed by atoms with Crippen molar-refractivity contribution < 1.29 is 4.42 Å². The zero-order valence-electron chi connectivity index (χ0n) is 16.8. The maximum atomic E-state index is 5.39. The van der Waals surface area contributed by atoms with Crippen LogP contribution in [0.5, 0.6) is 0 Å². The van der Waals surface area contributed by atoms with Crippen LogP contribution in [0.4, 0.5) is 0 Å². The van der Waals surface area contributed by atoms with E-state index in [-0.39, 0.29) is 0 Å². The Labute approximate surface area is 168 Å². The van der Waals surface area contributed by atoms with E-state index >= 15 is 0 Å². The van der Waals surface area contributed by atoms with Crippen LogP contribution in [0.2, 0.25) is 0 Å². The fourth-order valence-electron chi connectivity index (χ4n) is 3.65. The summed E-state index contributed by atoms with van der Waals surface area (Å²) in [5.74, 6) is 1.83. The summed E-state index contributed by atoms with van der Waals surface area (Å²) in [6.45, 7) is 9.63. The predicted octanol–water partition coefficient (Wildman–Crippen LogP) is 3.60. The van der Waals surface area contributed by atoms with E-state index in [2.05, 4.69) is 59.4 Å². The van der Waals surface area contributed by atoms with Gasteiger partial charge in [-0.3, -0.25) is 9.89 Å². The first-order valence-electron chi connectivity index (χ1n) is 10.2. The van der Waals surface area contributed by atoms with E-state index in [1.807, 2.05) is 18.2 Å². The van der Waals surface area contributed by atoms with E-state index in [9.17, 15) is 0 Å². The van der Waals surface area contributed by atoms with E-state index in [1.165, 1.54) is 5.56 Å². The van der Waals surface area contributed by atoms with Crippen LogP contribution in [-0.2, 0) is 13.0 Å². The summed E-state index contributed by atoms with van der Waals surface area (Å²) in [5, 5.41) is 6.96. The third kappa shape index (κ3) is 6.27. The minimum Gasteiger partial charge on any atom is -0.469 e. The van der Waals surface area contributed by atoms with Crippen LogP contribution >= 0.6 is 0 Å². The molecule has 2 heterocycles. The molecule has 0 saturated carbocycles. The number of benzene rings is 1. The molecule has 5 heteroatoms. The highest BCUT2D eigenvalue weighted by atomic mass is 16.3. The molecule has 2 aromatic rings. The molecular formula is C23H32N4O.